The number of nitrogens with one attached hydrogen (secondary N) is 2. The van der Waals surface area contributed by atoms with Gasteiger partial charge in [0.25, 0.3) is 6.47 Å². The van der Waals surface area contributed by atoms with E-state index in [9.17, 15) is 18.9 Å². The van der Waals surface area contributed by atoms with E-state index in [2.05, 4.69) is 15.2 Å². The van der Waals surface area contributed by atoms with Crippen LogP contribution < -0.4 is 16.4 Å². The fourth-order valence-corrected chi connectivity index (χ4v) is 1.63. The summed E-state index contributed by atoms with van der Waals surface area (Å²) >= 11 is 0. The van der Waals surface area contributed by atoms with Gasteiger partial charge in [0.05, 0.1) is 25.2 Å². The molecule has 0 radical (unpaired) electrons. The highest BCUT2D eigenvalue weighted by atomic mass is 31.2. The molecule has 0 spiro atoms. The number of carboxylic acid groups (broad SMARTS) is 1. The number of phosphoric acid groups is 1. The van der Waals surface area contributed by atoms with Crippen molar-refractivity contribution in [3.05, 3.63) is 0 Å². The van der Waals surface area contributed by atoms with Crippen LogP contribution in [0.25, 0.3) is 0 Å². The van der Waals surface area contributed by atoms with E-state index >= 15 is 0 Å². The van der Waals surface area contributed by atoms with Gasteiger partial charge in [-0.15, -0.1) is 0 Å². The van der Waals surface area contributed by atoms with Crippen LogP contribution in [0.15, 0.2) is 0 Å². The quantitative estimate of drug-likeness (QED) is 0.153. The SMILES string of the molecule is CC.CC(COP(=O)(O)O)NC(=O)CNC(=O)CCC(N)C=O.CO.O=CO. The van der Waals surface area contributed by atoms with Crippen LogP contribution in [0.2, 0.25) is 0 Å². The molecule has 14 heteroatoms. The van der Waals surface area contributed by atoms with Crippen LogP contribution in [0.4, 0.5) is 0 Å². The molecule has 2 atom stereocenters. The maximum absolute atomic E-state index is 11.4. The van der Waals surface area contributed by atoms with E-state index in [-0.39, 0.29) is 32.5 Å². The molecule has 0 aromatic carbocycles. The molecule has 0 heterocycles. The van der Waals surface area contributed by atoms with Crippen LogP contribution in [-0.4, -0.2) is 76.9 Å². The highest BCUT2D eigenvalue weighted by Gasteiger charge is 2.17. The Balaban J connectivity index is -0.000000362. The molecule has 0 aromatic rings. The molecular formula is C14H32N3O10P. The molecule has 0 aliphatic rings. The first-order valence-electron chi connectivity index (χ1n) is 8.05. The molecule has 13 nitrogen and oxygen atoms in total. The molecule has 0 fully saturated rings. The maximum Gasteiger partial charge on any atom is 0.469 e. The Morgan fingerprint density at radius 3 is 2.04 bits per heavy atom. The number of aliphatic hydroxyl groups is 1. The van der Waals surface area contributed by atoms with Crippen LogP contribution in [0.1, 0.15) is 33.6 Å². The van der Waals surface area contributed by atoms with Crippen molar-refractivity contribution in [1.82, 2.24) is 10.6 Å². The Morgan fingerprint density at radius 1 is 1.18 bits per heavy atom. The normalized spacial score (nSPS) is 11.4. The Hall–Kier alpha value is -1.89. The van der Waals surface area contributed by atoms with E-state index in [1.807, 2.05) is 13.8 Å². The number of carbonyl (C=O) groups is 4. The van der Waals surface area contributed by atoms with Crippen molar-refractivity contribution in [3.8, 4) is 0 Å². The standard InChI is InChI=1S/C10H20N3O7P.C2H6.CH2O2.CH4O/c1-7(6-20-21(17,18)19)13-10(16)4-12-9(15)3-2-8(11)5-14;1-2;2-1-3;1-2/h5,7-8H,2-4,6,11H2,1H3,(H,12,15)(H,13,16)(H2,17,18,19);1-2H3;1H,(H,2,3);2H,1H3. The van der Waals surface area contributed by atoms with Crippen LogP contribution in [0.3, 0.4) is 0 Å². The van der Waals surface area contributed by atoms with Crippen LogP contribution in [0, 0.1) is 0 Å². The second-order valence-corrected chi connectivity index (χ2v) is 5.72. The molecule has 0 aromatic heterocycles. The van der Waals surface area contributed by atoms with E-state index in [0.29, 0.717) is 6.29 Å². The van der Waals surface area contributed by atoms with Gasteiger partial charge in [-0.05, 0) is 13.3 Å². The molecule has 0 aliphatic carbocycles. The van der Waals surface area contributed by atoms with Crippen LogP contribution in [0.5, 0.6) is 0 Å². The summed E-state index contributed by atoms with van der Waals surface area (Å²) in [6, 6.07) is -1.35. The zero-order valence-electron chi connectivity index (χ0n) is 16.4. The smallest absolute Gasteiger partial charge is 0.469 e. The lowest BCUT2D eigenvalue weighted by Crippen LogP contribution is -2.42. The van der Waals surface area contributed by atoms with Crippen molar-refractivity contribution in [2.75, 3.05) is 20.3 Å². The third-order valence-corrected chi connectivity index (χ3v) is 2.71. The molecule has 0 rings (SSSR count). The fraction of sp³-hybridized carbons (Fsp3) is 0.714. The molecule has 0 saturated carbocycles. The van der Waals surface area contributed by atoms with Gasteiger partial charge in [-0.3, -0.25) is 18.9 Å². The lowest BCUT2D eigenvalue weighted by molar-refractivity contribution is -0.126. The Morgan fingerprint density at radius 2 is 1.64 bits per heavy atom. The van der Waals surface area contributed by atoms with Crippen molar-refractivity contribution >= 4 is 32.4 Å². The van der Waals surface area contributed by atoms with Gasteiger partial charge in [-0.1, -0.05) is 13.8 Å². The number of hydrogen-bond donors (Lipinski definition) is 7. The molecule has 28 heavy (non-hydrogen) atoms. The predicted molar refractivity (Wildman–Crippen MR) is 100 cm³/mol. The monoisotopic (exact) mass is 433 g/mol. The molecule has 0 bridgehead atoms. The van der Waals surface area contributed by atoms with Gasteiger partial charge in [0, 0.05) is 13.5 Å². The van der Waals surface area contributed by atoms with Crippen molar-refractivity contribution < 1.29 is 48.3 Å². The minimum atomic E-state index is -4.58. The Bertz CT molecular complexity index is 459. The maximum atomic E-state index is 11.4. The summed E-state index contributed by atoms with van der Waals surface area (Å²) in [4.78, 5) is 58.3. The topological polar surface area (TPSA) is 226 Å². The number of nitrogens with two attached hydrogens (primary N) is 1. The predicted octanol–water partition coefficient (Wildman–Crippen LogP) is -1.64. The first-order valence-corrected chi connectivity index (χ1v) is 9.58. The van der Waals surface area contributed by atoms with E-state index in [1.165, 1.54) is 6.92 Å². The fourth-order valence-electron chi connectivity index (χ4n) is 1.21. The third kappa shape index (κ3) is 31.8. The minimum Gasteiger partial charge on any atom is -0.483 e. The molecular weight excluding hydrogens is 401 g/mol. The average Bonchev–Trinajstić information content (AvgIpc) is 2.66. The summed E-state index contributed by atoms with van der Waals surface area (Å²) in [7, 11) is -3.58. The molecule has 2 unspecified atom stereocenters. The zero-order valence-corrected chi connectivity index (χ0v) is 17.3. The number of aldehydes is 1. The second kappa shape index (κ2) is 23.1. The number of phosphoric ester groups is 1. The molecule has 8 N–H and O–H groups in total. The number of carbonyl (C=O) groups excluding carboxylic acids is 3. The molecule has 0 aliphatic heterocycles. The summed E-state index contributed by atoms with van der Waals surface area (Å²) < 4.78 is 14.7. The van der Waals surface area contributed by atoms with Gasteiger partial charge < -0.3 is 41.2 Å². The van der Waals surface area contributed by atoms with Crippen molar-refractivity contribution in [1.29, 1.82) is 0 Å². The third-order valence-electron chi connectivity index (χ3n) is 2.23. The van der Waals surface area contributed by atoms with E-state index in [4.69, 9.17) is 30.5 Å². The van der Waals surface area contributed by atoms with E-state index in [1.54, 1.807) is 0 Å². The van der Waals surface area contributed by atoms with Gasteiger partial charge in [0.1, 0.15) is 6.29 Å². The highest BCUT2D eigenvalue weighted by molar-refractivity contribution is 7.46. The lowest BCUT2D eigenvalue weighted by Gasteiger charge is -2.14. The van der Waals surface area contributed by atoms with Crippen molar-refractivity contribution in [2.24, 2.45) is 5.73 Å². The summed E-state index contributed by atoms with van der Waals surface area (Å²) in [5, 5.41) is 18.6. The first-order chi connectivity index (χ1) is 13.1. The first kappa shape index (κ1) is 33.7. The van der Waals surface area contributed by atoms with Gasteiger partial charge in [-0.25, -0.2) is 4.57 Å². The molecule has 2 amide bonds. The molecule has 0 saturated heterocycles. The summed E-state index contributed by atoms with van der Waals surface area (Å²) in [6.07, 6.45) is 0.732. The van der Waals surface area contributed by atoms with Crippen molar-refractivity contribution in [2.45, 2.75) is 45.7 Å². The summed E-state index contributed by atoms with van der Waals surface area (Å²) in [5.41, 5.74) is 5.31. The molecule has 168 valence electrons. The number of rotatable bonds is 10. The van der Waals surface area contributed by atoms with Gasteiger partial charge in [-0.2, -0.15) is 0 Å². The van der Waals surface area contributed by atoms with E-state index in [0.717, 1.165) is 7.11 Å². The Kier molecular flexibility index (Phi) is 27.8. The second-order valence-electron chi connectivity index (χ2n) is 4.48. The van der Waals surface area contributed by atoms with Crippen LogP contribution >= 0.6 is 7.82 Å². The van der Waals surface area contributed by atoms with Crippen LogP contribution in [-0.2, 0) is 28.3 Å². The van der Waals surface area contributed by atoms with Gasteiger partial charge >= 0.3 is 7.82 Å². The summed E-state index contributed by atoms with van der Waals surface area (Å²) in [6.45, 7) is 4.58. The zero-order chi connectivity index (χ0) is 23.2. The largest absolute Gasteiger partial charge is 0.483 e. The Labute approximate surface area is 163 Å². The average molecular weight is 433 g/mol. The number of hydrogen-bond acceptors (Lipinski definition) is 8. The summed E-state index contributed by atoms with van der Waals surface area (Å²) in [5.74, 6) is -0.966. The number of amides is 2. The lowest BCUT2D eigenvalue weighted by atomic mass is 10.2. The van der Waals surface area contributed by atoms with Crippen molar-refractivity contribution in [3.63, 3.8) is 0 Å². The number of aliphatic hydroxyl groups excluding tert-OH is 1. The van der Waals surface area contributed by atoms with Gasteiger partial charge in [0.15, 0.2) is 0 Å². The minimum absolute atomic E-state index is 0.0179. The van der Waals surface area contributed by atoms with E-state index < -0.39 is 31.7 Å². The highest BCUT2D eigenvalue weighted by Crippen LogP contribution is 2.35. The van der Waals surface area contributed by atoms with Gasteiger partial charge in [0.2, 0.25) is 11.8 Å².